The Morgan fingerprint density at radius 1 is 0.906 bits per heavy atom. The number of hydrogen-bond acceptors (Lipinski definition) is 1. The Kier molecular flexibility index (Phi) is 5.90. The van der Waals surface area contributed by atoms with Gasteiger partial charge in [0.25, 0.3) is 0 Å². The maximum atomic E-state index is 4.92. The van der Waals surface area contributed by atoms with Gasteiger partial charge in [0.1, 0.15) is 0 Å². The summed E-state index contributed by atoms with van der Waals surface area (Å²) in [5, 5.41) is 2.64. The summed E-state index contributed by atoms with van der Waals surface area (Å²) in [5.74, 6) is 0. The zero-order valence-electron chi connectivity index (χ0n) is 19.5. The molecule has 1 aliphatic rings. The fourth-order valence-corrected chi connectivity index (χ4v) is 5.45. The standard InChI is InChI=1S/C30H30N.Ir/c1-6-30(5,7-2)22-13-10-12-21(19-22)28-27-25(17-18-31-28)24-16-15-20-11-8-9-14-23(20)26(24)29(27,3)4;/h8-11,13-19H,6-7H2,1-5H3;/q-1;. The van der Waals surface area contributed by atoms with Gasteiger partial charge in [-0.25, -0.2) is 0 Å². The quantitative estimate of drug-likeness (QED) is 0.217. The van der Waals surface area contributed by atoms with Gasteiger partial charge >= 0.3 is 0 Å². The summed E-state index contributed by atoms with van der Waals surface area (Å²) in [7, 11) is 0. The third-order valence-corrected chi connectivity index (χ3v) is 7.73. The van der Waals surface area contributed by atoms with Crippen LogP contribution in [0.3, 0.4) is 0 Å². The van der Waals surface area contributed by atoms with Gasteiger partial charge in [-0.3, -0.25) is 0 Å². The van der Waals surface area contributed by atoms with E-state index in [1.807, 2.05) is 6.20 Å². The molecule has 3 aromatic carbocycles. The maximum Gasteiger partial charge on any atom is 0.0167 e. The third-order valence-electron chi connectivity index (χ3n) is 7.73. The Hall–Kier alpha value is -2.28. The van der Waals surface area contributed by atoms with Crippen LogP contribution >= 0.6 is 0 Å². The Morgan fingerprint density at radius 2 is 1.62 bits per heavy atom. The van der Waals surface area contributed by atoms with Crippen LogP contribution in [-0.2, 0) is 30.9 Å². The number of hydrogen-bond donors (Lipinski definition) is 0. The van der Waals surface area contributed by atoms with Crippen molar-refractivity contribution in [3.63, 3.8) is 0 Å². The molecule has 1 nitrogen and oxygen atoms in total. The normalized spacial score (nSPS) is 14.0. The molecule has 165 valence electrons. The van der Waals surface area contributed by atoms with E-state index < -0.39 is 0 Å². The van der Waals surface area contributed by atoms with Crippen molar-refractivity contribution >= 4 is 10.8 Å². The summed E-state index contributed by atoms with van der Waals surface area (Å²) in [5.41, 5.74) is 8.99. The molecule has 0 saturated heterocycles. The van der Waals surface area contributed by atoms with Gasteiger partial charge < -0.3 is 4.98 Å². The van der Waals surface area contributed by atoms with Crippen LogP contribution < -0.4 is 0 Å². The van der Waals surface area contributed by atoms with Crippen molar-refractivity contribution in [3.05, 3.63) is 89.6 Å². The summed E-state index contributed by atoms with van der Waals surface area (Å²) < 4.78 is 0. The van der Waals surface area contributed by atoms with Gasteiger partial charge in [-0.2, -0.15) is 0 Å². The predicted molar refractivity (Wildman–Crippen MR) is 132 cm³/mol. The van der Waals surface area contributed by atoms with Gasteiger partial charge in [-0.15, -0.1) is 35.4 Å². The SMILES string of the molecule is CCC(C)(CC)c1cc[c-]c(-c2nccc3c2C(C)(C)c2c-3ccc3ccccc23)c1.[Ir]. The number of aromatic nitrogens is 1. The second-order valence-corrected chi connectivity index (χ2v) is 9.68. The molecule has 0 bridgehead atoms. The summed E-state index contributed by atoms with van der Waals surface area (Å²) in [6, 6.07) is 25.6. The monoisotopic (exact) mass is 597 g/mol. The van der Waals surface area contributed by atoms with Crippen LogP contribution in [0.1, 0.15) is 64.2 Å². The first-order valence-corrected chi connectivity index (χ1v) is 11.5. The molecule has 1 aromatic heterocycles. The van der Waals surface area contributed by atoms with Crippen molar-refractivity contribution < 1.29 is 20.1 Å². The summed E-state index contributed by atoms with van der Waals surface area (Å²) >= 11 is 0. The van der Waals surface area contributed by atoms with E-state index in [9.17, 15) is 0 Å². The first-order chi connectivity index (χ1) is 14.9. The summed E-state index contributed by atoms with van der Waals surface area (Å²) in [4.78, 5) is 4.92. The smallest absolute Gasteiger partial charge is 0.0167 e. The van der Waals surface area contributed by atoms with E-state index in [1.54, 1.807) is 0 Å². The molecule has 0 aliphatic heterocycles. The maximum absolute atomic E-state index is 4.92. The zero-order chi connectivity index (χ0) is 21.8. The molecule has 0 fully saturated rings. The number of rotatable bonds is 4. The van der Waals surface area contributed by atoms with E-state index in [1.165, 1.54) is 38.6 Å². The van der Waals surface area contributed by atoms with Crippen LogP contribution in [0.25, 0.3) is 33.2 Å². The minimum absolute atomic E-state index is 0. The van der Waals surface area contributed by atoms with E-state index in [4.69, 9.17) is 4.98 Å². The summed E-state index contributed by atoms with van der Waals surface area (Å²) in [6.07, 6.45) is 4.21. The molecule has 32 heavy (non-hydrogen) atoms. The second kappa shape index (κ2) is 8.25. The fraction of sp³-hybridized carbons (Fsp3) is 0.300. The molecular weight excluding hydrogens is 567 g/mol. The van der Waals surface area contributed by atoms with E-state index in [2.05, 4.69) is 101 Å². The molecule has 1 aliphatic carbocycles. The van der Waals surface area contributed by atoms with E-state index in [0.717, 1.165) is 24.1 Å². The van der Waals surface area contributed by atoms with Crippen LogP contribution in [0.15, 0.2) is 66.9 Å². The van der Waals surface area contributed by atoms with Crippen molar-refractivity contribution in [1.82, 2.24) is 4.98 Å². The van der Waals surface area contributed by atoms with Crippen LogP contribution in [0.2, 0.25) is 0 Å². The third kappa shape index (κ3) is 3.28. The van der Waals surface area contributed by atoms with Gasteiger partial charge in [-0.05, 0) is 63.0 Å². The van der Waals surface area contributed by atoms with Crippen molar-refractivity contribution in [2.24, 2.45) is 0 Å². The minimum atomic E-state index is -0.127. The number of fused-ring (bicyclic) bond motifs is 5. The van der Waals surface area contributed by atoms with Crippen molar-refractivity contribution in [2.75, 3.05) is 0 Å². The van der Waals surface area contributed by atoms with Crippen LogP contribution in [0.4, 0.5) is 0 Å². The van der Waals surface area contributed by atoms with Crippen molar-refractivity contribution in [2.45, 2.75) is 58.3 Å². The van der Waals surface area contributed by atoms with Gasteiger partial charge in [-0.1, -0.05) is 71.0 Å². The Morgan fingerprint density at radius 3 is 2.38 bits per heavy atom. The molecule has 0 unspecified atom stereocenters. The molecule has 0 spiro atoms. The molecule has 2 heteroatoms. The Bertz CT molecular complexity index is 1300. The molecule has 0 saturated carbocycles. The molecule has 1 radical (unpaired) electrons. The number of nitrogens with zero attached hydrogens (tertiary/aromatic N) is 1. The van der Waals surface area contributed by atoms with Crippen LogP contribution in [-0.4, -0.2) is 4.98 Å². The molecule has 1 heterocycles. The first-order valence-electron chi connectivity index (χ1n) is 11.5. The fourth-order valence-electron chi connectivity index (χ4n) is 5.45. The molecule has 5 rings (SSSR count). The molecule has 0 N–H and O–H groups in total. The average Bonchev–Trinajstić information content (AvgIpc) is 3.06. The van der Waals surface area contributed by atoms with Crippen molar-refractivity contribution in [3.8, 4) is 22.4 Å². The molecule has 0 atom stereocenters. The predicted octanol–water partition coefficient (Wildman–Crippen LogP) is 8.08. The Labute approximate surface area is 205 Å². The topological polar surface area (TPSA) is 12.9 Å². The number of pyridine rings is 1. The molecular formula is C30H30IrN-. The zero-order valence-corrected chi connectivity index (χ0v) is 21.9. The van der Waals surface area contributed by atoms with Gasteiger partial charge in [0, 0.05) is 31.7 Å². The minimum Gasteiger partial charge on any atom is -0.304 e. The van der Waals surface area contributed by atoms with Gasteiger partial charge in [0.2, 0.25) is 0 Å². The molecule has 0 amide bonds. The van der Waals surface area contributed by atoms with E-state index >= 15 is 0 Å². The van der Waals surface area contributed by atoms with Crippen LogP contribution in [0.5, 0.6) is 0 Å². The average molecular weight is 597 g/mol. The van der Waals surface area contributed by atoms with Crippen LogP contribution in [0, 0.1) is 6.07 Å². The second-order valence-electron chi connectivity index (χ2n) is 9.68. The van der Waals surface area contributed by atoms with Gasteiger partial charge in [0.05, 0.1) is 0 Å². The Balaban J connectivity index is 0.00000245. The van der Waals surface area contributed by atoms with Gasteiger partial charge in [0.15, 0.2) is 0 Å². The van der Waals surface area contributed by atoms with E-state index in [0.29, 0.717) is 0 Å². The summed E-state index contributed by atoms with van der Waals surface area (Å²) in [6.45, 7) is 11.6. The van der Waals surface area contributed by atoms with Crippen molar-refractivity contribution in [1.29, 1.82) is 0 Å². The number of benzene rings is 3. The largest absolute Gasteiger partial charge is 0.304 e. The first kappa shape index (κ1) is 22.9. The van der Waals surface area contributed by atoms with E-state index in [-0.39, 0.29) is 30.9 Å². The molecule has 4 aromatic rings.